The minimum atomic E-state index is -0.925. The van der Waals surface area contributed by atoms with Crippen LogP contribution in [-0.2, 0) is 16.1 Å². The molecule has 1 N–H and O–H groups in total. The molecule has 1 aliphatic rings. The Bertz CT molecular complexity index is 757. The molecule has 2 heterocycles. The molecule has 25 heavy (non-hydrogen) atoms. The van der Waals surface area contributed by atoms with Crippen LogP contribution in [0.5, 0.6) is 0 Å². The van der Waals surface area contributed by atoms with Gasteiger partial charge in [-0.05, 0) is 12.5 Å². The molecule has 3 rings (SSSR count). The van der Waals surface area contributed by atoms with Crippen molar-refractivity contribution in [2.75, 3.05) is 19.7 Å². The zero-order valence-electron chi connectivity index (χ0n) is 14.1. The van der Waals surface area contributed by atoms with E-state index in [4.69, 9.17) is 9.84 Å². The number of nitrogens with zero attached hydrogens (tertiary/aromatic N) is 3. The van der Waals surface area contributed by atoms with Crippen molar-refractivity contribution >= 4 is 11.9 Å². The molecule has 2 aromatic rings. The normalized spacial score (nSPS) is 17.5. The van der Waals surface area contributed by atoms with Crippen LogP contribution in [0.1, 0.15) is 28.0 Å². The largest absolute Gasteiger partial charge is 0.481 e. The lowest BCUT2D eigenvalue weighted by Crippen LogP contribution is -2.46. The van der Waals surface area contributed by atoms with E-state index in [9.17, 15) is 9.59 Å². The molecule has 0 unspecified atom stereocenters. The van der Waals surface area contributed by atoms with Crippen LogP contribution < -0.4 is 0 Å². The summed E-state index contributed by atoms with van der Waals surface area (Å²) in [7, 11) is 0. The van der Waals surface area contributed by atoms with Crippen molar-refractivity contribution < 1.29 is 19.4 Å². The number of carboxylic acids is 1. The van der Waals surface area contributed by atoms with Gasteiger partial charge in [0.25, 0.3) is 5.91 Å². The quantitative estimate of drug-likeness (QED) is 0.890. The predicted octanol–water partition coefficient (Wildman–Crippen LogP) is 1.56. The van der Waals surface area contributed by atoms with Crippen molar-refractivity contribution in [3.05, 3.63) is 53.3 Å². The Morgan fingerprint density at radius 2 is 2.08 bits per heavy atom. The summed E-state index contributed by atoms with van der Waals surface area (Å²) in [4.78, 5) is 25.3. The number of aromatic nitrogens is 2. The monoisotopic (exact) mass is 343 g/mol. The van der Waals surface area contributed by atoms with Crippen LogP contribution in [-0.4, -0.2) is 57.5 Å². The number of carbonyl (C=O) groups excluding carboxylic acids is 1. The van der Waals surface area contributed by atoms with Gasteiger partial charge >= 0.3 is 5.97 Å². The highest BCUT2D eigenvalue weighted by Crippen LogP contribution is 2.16. The number of carbonyl (C=O) groups is 2. The average molecular weight is 343 g/mol. The molecule has 1 amide bonds. The lowest BCUT2D eigenvalue weighted by atomic mass is 10.1. The van der Waals surface area contributed by atoms with E-state index < -0.39 is 12.1 Å². The summed E-state index contributed by atoms with van der Waals surface area (Å²) >= 11 is 0. The Kier molecular flexibility index (Phi) is 5.14. The van der Waals surface area contributed by atoms with Crippen molar-refractivity contribution in [3.63, 3.8) is 0 Å². The van der Waals surface area contributed by atoms with Gasteiger partial charge in [0.05, 0.1) is 37.4 Å². The van der Waals surface area contributed by atoms with Gasteiger partial charge in [-0.3, -0.25) is 14.3 Å². The molecular weight excluding hydrogens is 322 g/mol. The molecule has 1 fully saturated rings. The first-order chi connectivity index (χ1) is 12.0. The Morgan fingerprint density at radius 1 is 1.32 bits per heavy atom. The molecule has 0 bridgehead atoms. The summed E-state index contributed by atoms with van der Waals surface area (Å²) in [6.45, 7) is 3.57. The van der Waals surface area contributed by atoms with Crippen molar-refractivity contribution in [1.29, 1.82) is 0 Å². The number of ether oxygens (including phenoxy) is 1. The zero-order chi connectivity index (χ0) is 17.8. The molecule has 1 aromatic heterocycles. The van der Waals surface area contributed by atoms with E-state index in [1.165, 1.54) is 0 Å². The lowest BCUT2D eigenvalue weighted by molar-refractivity contribution is -0.141. The van der Waals surface area contributed by atoms with Crippen LogP contribution in [0, 0.1) is 6.92 Å². The number of morpholine rings is 1. The highest BCUT2D eigenvalue weighted by Gasteiger charge is 2.28. The molecule has 132 valence electrons. The van der Waals surface area contributed by atoms with E-state index in [1.54, 1.807) is 15.8 Å². The fraction of sp³-hybridized carbons (Fsp3) is 0.389. The molecule has 0 spiro atoms. The number of benzene rings is 1. The van der Waals surface area contributed by atoms with Gasteiger partial charge in [0.1, 0.15) is 0 Å². The van der Waals surface area contributed by atoms with E-state index in [0.717, 1.165) is 11.3 Å². The van der Waals surface area contributed by atoms with E-state index in [2.05, 4.69) is 5.10 Å². The molecule has 0 aliphatic carbocycles. The van der Waals surface area contributed by atoms with Gasteiger partial charge in [0.15, 0.2) is 0 Å². The van der Waals surface area contributed by atoms with Gasteiger partial charge in [-0.25, -0.2) is 0 Å². The minimum Gasteiger partial charge on any atom is -0.481 e. The van der Waals surface area contributed by atoms with E-state index in [1.807, 2.05) is 37.3 Å². The van der Waals surface area contributed by atoms with Crippen molar-refractivity contribution in [2.45, 2.75) is 26.0 Å². The number of aliphatic carboxylic acids is 1. The second kappa shape index (κ2) is 7.48. The van der Waals surface area contributed by atoms with Gasteiger partial charge in [-0.2, -0.15) is 5.10 Å². The standard InChI is InChI=1S/C18H21N3O4/c1-13-16(10-19-21(13)11-14-5-3-2-4-6-14)18(24)20-7-8-25-15(12-20)9-17(22)23/h2-6,10,15H,7-9,11-12H2,1H3,(H,22,23)/t15-/m0/s1. The predicted molar refractivity (Wildman–Crippen MR) is 90.4 cm³/mol. The van der Waals surface area contributed by atoms with Crippen LogP contribution in [0.4, 0.5) is 0 Å². The van der Waals surface area contributed by atoms with Gasteiger partial charge in [-0.15, -0.1) is 0 Å². The molecule has 1 aromatic carbocycles. The Balaban J connectivity index is 1.71. The maximum atomic E-state index is 12.8. The number of hydrogen-bond acceptors (Lipinski definition) is 4. The Labute approximate surface area is 145 Å². The minimum absolute atomic E-state index is 0.101. The molecule has 7 heteroatoms. The summed E-state index contributed by atoms with van der Waals surface area (Å²) in [5, 5.41) is 13.2. The first-order valence-electron chi connectivity index (χ1n) is 8.23. The molecule has 7 nitrogen and oxygen atoms in total. The summed E-state index contributed by atoms with van der Waals surface area (Å²) < 4.78 is 7.23. The highest BCUT2D eigenvalue weighted by atomic mass is 16.5. The van der Waals surface area contributed by atoms with E-state index in [-0.39, 0.29) is 18.9 Å². The van der Waals surface area contributed by atoms with E-state index >= 15 is 0 Å². The SMILES string of the molecule is Cc1c(C(=O)N2CCO[C@@H](CC(=O)O)C2)cnn1Cc1ccccc1. The maximum absolute atomic E-state index is 12.8. The van der Waals surface area contributed by atoms with Crippen LogP contribution >= 0.6 is 0 Å². The van der Waals surface area contributed by atoms with Gasteiger partial charge in [-0.1, -0.05) is 30.3 Å². The summed E-state index contributed by atoms with van der Waals surface area (Å²) in [6, 6.07) is 9.93. The number of hydrogen-bond donors (Lipinski definition) is 1. The van der Waals surface area contributed by atoms with Gasteiger partial charge in [0, 0.05) is 18.8 Å². The fourth-order valence-corrected chi connectivity index (χ4v) is 2.96. The number of rotatable bonds is 5. The fourth-order valence-electron chi connectivity index (χ4n) is 2.96. The first-order valence-corrected chi connectivity index (χ1v) is 8.23. The summed E-state index contributed by atoms with van der Waals surface area (Å²) in [5.74, 6) is -1.05. The van der Waals surface area contributed by atoms with Crippen molar-refractivity contribution in [2.24, 2.45) is 0 Å². The van der Waals surface area contributed by atoms with Gasteiger partial charge in [0.2, 0.25) is 0 Å². The van der Waals surface area contributed by atoms with Crippen molar-refractivity contribution in [3.8, 4) is 0 Å². The Hall–Kier alpha value is -2.67. The van der Waals surface area contributed by atoms with Gasteiger partial charge < -0.3 is 14.7 Å². The molecule has 1 saturated heterocycles. The summed E-state index contributed by atoms with van der Waals surface area (Å²) in [6.07, 6.45) is 1.02. The number of amides is 1. The second-order valence-electron chi connectivity index (χ2n) is 6.13. The Morgan fingerprint density at radius 3 is 2.80 bits per heavy atom. The second-order valence-corrected chi connectivity index (χ2v) is 6.13. The lowest BCUT2D eigenvalue weighted by Gasteiger charge is -2.32. The maximum Gasteiger partial charge on any atom is 0.306 e. The van der Waals surface area contributed by atoms with E-state index in [0.29, 0.717) is 25.3 Å². The van der Waals surface area contributed by atoms with Crippen LogP contribution in [0.2, 0.25) is 0 Å². The van der Waals surface area contributed by atoms with Crippen molar-refractivity contribution in [1.82, 2.24) is 14.7 Å². The third-order valence-corrected chi connectivity index (χ3v) is 4.34. The van der Waals surface area contributed by atoms with Crippen LogP contribution in [0.25, 0.3) is 0 Å². The number of carboxylic acid groups (broad SMARTS) is 1. The molecule has 0 saturated carbocycles. The molecular formula is C18H21N3O4. The smallest absolute Gasteiger partial charge is 0.306 e. The average Bonchev–Trinajstić information content (AvgIpc) is 2.95. The molecule has 0 radical (unpaired) electrons. The zero-order valence-corrected chi connectivity index (χ0v) is 14.1. The third kappa shape index (κ3) is 4.06. The molecule has 1 atom stereocenters. The van der Waals surface area contributed by atoms with Crippen LogP contribution in [0.15, 0.2) is 36.5 Å². The van der Waals surface area contributed by atoms with Crippen LogP contribution in [0.3, 0.4) is 0 Å². The third-order valence-electron chi connectivity index (χ3n) is 4.34. The first kappa shape index (κ1) is 17.2. The topological polar surface area (TPSA) is 84.7 Å². The summed E-state index contributed by atoms with van der Waals surface area (Å²) in [5.41, 5.74) is 2.46. The highest BCUT2D eigenvalue weighted by molar-refractivity contribution is 5.95. The molecule has 1 aliphatic heterocycles.